The number of aromatic nitrogens is 1. The molecule has 0 radical (unpaired) electrons. The highest BCUT2D eigenvalue weighted by atomic mass is 32.1. The first kappa shape index (κ1) is 18.9. The second-order valence-electron chi connectivity index (χ2n) is 6.33. The zero-order valence-corrected chi connectivity index (χ0v) is 16.4. The lowest BCUT2D eigenvalue weighted by Crippen LogP contribution is -2.14. The number of hydrogen-bond acceptors (Lipinski definition) is 5. The minimum absolute atomic E-state index is 0.0582. The molecule has 0 atom stereocenters. The lowest BCUT2D eigenvalue weighted by molar-refractivity contribution is -0.384. The van der Waals surface area contributed by atoms with Gasteiger partial charge in [-0.1, -0.05) is 36.8 Å². The van der Waals surface area contributed by atoms with E-state index in [0.717, 1.165) is 34.4 Å². The first-order valence-corrected chi connectivity index (χ1v) is 9.61. The molecule has 0 saturated heterocycles. The maximum absolute atomic E-state index is 11.0. The number of non-ortho nitro benzene ring substituents is 1. The van der Waals surface area contributed by atoms with Gasteiger partial charge in [-0.2, -0.15) is 0 Å². The van der Waals surface area contributed by atoms with Crippen molar-refractivity contribution in [2.75, 3.05) is 0 Å². The van der Waals surface area contributed by atoms with E-state index in [9.17, 15) is 10.1 Å². The van der Waals surface area contributed by atoms with Crippen molar-refractivity contribution in [2.24, 2.45) is 15.4 Å². The van der Waals surface area contributed by atoms with Gasteiger partial charge >= 0.3 is 0 Å². The van der Waals surface area contributed by atoms with Crippen LogP contribution in [0.15, 0.2) is 51.8 Å². The first-order chi connectivity index (χ1) is 13.0. The van der Waals surface area contributed by atoms with Crippen LogP contribution in [0.5, 0.6) is 0 Å². The van der Waals surface area contributed by atoms with Gasteiger partial charge in [-0.15, -0.1) is 10.2 Å². The van der Waals surface area contributed by atoms with Crippen molar-refractivity contribution in [1.82, 2.24) is 4.57 Å². The summed E-state index contributed by atoms with van der Waals surface area (Å²) in [6, 6.07) is 11.2. The van der Waals surface area contributed by atoms with Gasteiger partial charge in [0.05, 0.1) is 20.8 Å². The highest BCUT2D eigenvalue weighted by Gasteiger charge is 2.11. The van der Waals surface area contributed by atoms with E-state index < -0.39 is 4.92 Å². The van der Waals surface area contributed by atoms with Gasteiger partial charge in [0, 0.05) is 18.7 Å². The van der Waals surface area contributed by atoms with E-state index in [1.54, 1.807) is 25.2 Å². The minimum atomic E-state index is -0.404. The van der Waals surface area contributed by atoms with Crippen LogP contribution in [-0.2, 0) is 6.54 Å². The van der Waals surface area contributed by atoms with Crippen molar-refractivity contribution in [2.45, 2.75) is 40.2 Å². The maximum Gasteiger partial charge on any atom is 0.270 e. The summed E-state index contributed by atoms with van der Waals surface area (Å²) in [6.07, 6.45) is 2.16. The molecule has 0 fully saturated rings. The van der Waals surface area contributed by atoms with Crippen molar-refractivity contribution >= 4 is 32.9 Å². The third-order valence-corrected chi connectivity index (χ3v) is 5.33. The predicted octanol–water partition coefficient (Wildman–Crippen LogP) is 5.63. The van der Waals surface area contributed by atoms with E-state index in [4.69, 9.17) is 0 Å². The number of nitro benzene ring substituents is 1. The van der Waals surface area contributed by atoms with Crippen LogP contribution in [0.4, 0.5) is 11.4 Å². The lowest BCUT2D eigenvalue weighted by Gasteiger charge is -2.03. The van der Waals surface area contributed by atoms with E-state index in [2.05, 4.69) is 39.1 Å². The van der Waals surface area contributed by atoms with Gasteiger partial charge in [0.2, 0.25) is 4.80 Å². The van der Waals surface area contributed by atoms with Crippen LogP contribution in [0, 0.1) is 24.0 Å². The number of nitrogens with zero attached hydrogens (tertiary/aromatic N) is 5. The molecular weight excluding hydrogens is 362 g/mol. The van der Waals surface area contributed by atoms with Crippen LogP contribution in [0.1, 0.15) is 30.9 Å². The Balaban J connectivity index is 2.00. The summed E-state index contributed by atoms with van der Waals surface area (Å²) in [5, 5.41) is 23.6. The Morgan fingerprint density at radius 1 is 1.19 bits per heavy atom. The Kier molecular flexibility index (Phi) is 5.75. The monoisotopic (exact) mass is 383 g/mol. The highest BCUT2D eigenvalue weighted by molar-refractivity contribution is 7.16. The highest BCUT2D eigenvalue weighted by Crippen LogP contribution is 2.28. The molecule has 0 bridgehead atoms. The number of aryl methyl sites for hydroxylation is 3. The average molecular weight is 383 g/mol. The molecule has 7 nitrogen and oxygen atoms in total. The van der Waals surface area contributed by atoms with E-state index in [-0.39, 0.29) is 5.69 Å². The Morgan fingerprint density at radius 2 is 1.89 bits per heavy atom. The first-order valence-electron chi connectivity index (χ1n) is 8.80. The van der Waals surface area contributed by atoms with Crippen LogP contribution < -0.4 is 4.80 Å². The Bertz CT molecular complexity index is 1060. The molecular formula is C19H21N5O2S. The van der Waals surface area contributed by atoms with Crippen LogP contribution in [0.2, 0.25) is 0 Å². The van der Waals surface area contributed by atoms with E-state index in [1.165, 1.54) is 12.1 Å². The van der Waals surface area contributed by atoms with Gasteiger partial charge < -0.3 is 4.57 Å². The number of unbranched alkanes of at least 4 members (excludes halogenated alkanes) is 1. The lowest BCUT2D eigenvalue weighted by atomic mass is 10.1. The fourth-order valence-corrected chi connectivity index (χ4v) is 3.93. The van der Waals surface area contributed by atoms with Crippen molar-refractivity contribution < 1.29 is 4.92 Å². The Morgan fingerprint density at radius 3 is 2.56 bits per heavy atom. The molecule has 0 spiro atoms. The van der Waals surface area contributed by atoms with Crippen LogP contribution in [0.25, 0.3) is 10.2 Å². The quantitative estimate of drug-likeness (QED) is 0.314. The van der Waals surface area contributed by atoms with Gasteiger partial charge in [-0.05, 0) is 48.8 Å². The van der Waals surface area contributed by atoms with Crippen LogP contribution in [0.3, 0.4) is 0 Å². The summed E-state index contributed by atoms with van der Waals surface area (Å²) in [7, 11) is 0. The summed E-state index contributed by atoms with van der Waals surface area (Å²) >= 11 is 1.58. The largest absolute Gasteiger partial charge is 0.315 e. The molecule has 1 aromatic heterocycles. The van der Waals surface area contributed by atoms with Crippen molar-refractivity contribution in [3.05, 3.63) is 62.4 Å². The molecule has 0 N–H and O–H groups in total. The SMILES string of the molecule is CCCCn1/c(=N/N=Nc2c(C)cc([N+](=O)[O-])cc2C)sc2ccccc21. The molecule has 0 aliphatic rings. The normalized spacial score (nSPS) is 12.3. The van der Waals surface area contributed by atoms with Gasteiger partial charge in [0.1, 0.15) is 0 Å². The average Bonchev–Trinajstić information content (AvgIpc) is 2.99. The summed E-state index contributed by atoms with van der Waals surface area (Å²) in [4.78, 5) is 11.3. The zero-order chi connectivity index (χ0) is 19.4. The zero-order valence-electron chi connectivity index (χ0n) is 15.5. The number of nitro groups is 1. The third-order valence-electron chi connectivity index (χ3n) is 4.29. The fourth-order valence-electron chi connectivity index (χ4n) is 2.93. The molecule has 0 unspecified atom stereocenters. The summed E-state index contributed by atoms with van der Waals surface area (Å²) < 4.78 is 3.32. The molecule has 0 amide bonds. The second kappa shape index (κ2) is 8.22. The van der Waals surface area contributed by atoms with Gasteiger partial charge in [0.25, 0.3) is 5.69 Å². The smallest absolute Gasteiger partial charge is 0.270 e. The Labute approximate surface area is 160 Å². The molecule has 0 aliphatic heterocycles. The topological polar surface area (TPSA) is 85.1 Å². The number of fused-ring (bicyclic) bond motifs is 1. The molecule has 0 saturated carbocycles. The predicted molar refractivity (Wildman–Crippen MR) is 107 cm³/mol. The van der Waals surface area contributed by atoms with Crippen LogP contribution >= 0.6 is 11.3 Å². The van der Waals surface area contributed by atoms with Gasteiger partial charge in [0.15, 0.2) is 0 Å². The Hall–Kier alpha value is -2.87. The van der Waals surface area contributed by atoms with Gasteiger partial charge in [-0.25, -0.2) is 0 Å². The number of hydrogen-bond donors (Lipinski definition) is 0. The molecule has 8 heteroatoms. The second-order valence-corrected chi connectivity index (χ2v) is 7.34. The van der Waals surface area contributed by atoms with E-state index >= 15 is 0 Å². The maximum atomic E-state index is 11.0. The standard InChI is InChI=1S/C19H21N5O2S/c1-4-5-10-23-16-8-6-7-9-17(16)27-19(23)21-22-20-18-13(2)11-15(24(25)26)12-14(18)3/h6-9,11-12H,4-5,10H2,1-3H3/b21-19-,22-20?. The number of benzene rings is 2. The molecule has 1 heterocycles. The van der Waals surface area contributed by atoms with Gasteiger partial charge in [-0.3, -0.25) is 10.1 Å². The molecule has 3 aromatic rings. The summed E-state index contributed by atoms with van der Waals surface area (Å²) in [5.41, 5.74) is 3.23. The van der Waals surface area contributed by atoms with Crippen molar-refractivity contribution in [1.29, 1.82) is 0 Å². The number of rotatable bonds is 6. The molecule has 27 heavy (non-hydrogen) atoms. The third kappa shape index (κ3) is 4.11. The van der Waals surface area contributed by atoms with E-state index in [1.807, 2.05) is 12.1 Å². The summed E-state index contributed by atoms with van der Waals surface area (Å²) in [5.74, 6) is 0. The minimum Gasteiger partial charge on any atom is -0.315 e. The number of thiazole rings is 1. The van der Waals surface area contributed by atoms with E-state index in [0.29, 0.717) is 16.8 Å². The molecule has 140 valence electrons. The molecule has 0 aliphatic carbocycles. The van der Waals surface area contributed by atoms with Crippen LogP contribution in [-0.4, -0.2) is 9.49 Å². The fraction of sp³-hybridized carbons (Fsp3) is 0.316. The summed E-state index contributed by atoms with van der Waals surface area (Å²) in [6.45, 7) is 6.61. The molecule has 2 aromatic carbocycles. The number of para-hydroxylation sites is 1. The van der Waals surface area contributed by atoms with Crippen molar-refractivity contribution in [3.63, 3.8) is 0 Å². The molecule has 3 rings (SSSR count). The van der Waals surface area contributed by atoms with Crippen molar-refractivity contribution in [3.8, 4) is 0 Å².